The zero-order chi connectivity index (χ0) is 29.7. The van der Waals surface area contributed by atoms with Crippen LogP contribution in [0.3, 0.4) is 0 Å². The molecule has 15 heteroatoms. The SMILES string of the molecule is CC(=O)Nc1c(F)ccc(NC(=O)c2cc(NC(=O)[C@H]3[C@H](c4cc(Cl)c(Cl)c(Cl)c4)C3(Cl)Cl)cc(F)c2F)c1F. The summed E-state index contributed by atoms with van der Waals surface area (Å²) in [6, 6.07) is 5.82. The van der Waals surface area contributed by atoms with Crippen LogP contribution in [0.25, 0.3) is 0 Å². The van der Waals surface area contributed by atoms with Crippen LogP contribution in [-0.4, -0.2) is 22.1 Å². The van der Waals surface area contributed by atoms with Gasteiger partial charge in [0.2, 0.25) is 11.8 Å². The average Bonchev–Trinajstić information content (AvgIpc) is 3.45. The molecule has 1 saturated carbocycles. The van der Waals surface area contributed by atoms with Crippen LogP contribution < -0.4 is 16.0 Å². The number of rotatable bonds is 6. The van der Waals surface area contributed by atoms with Crippen molar-refractivity contribution in [1.82, 2.24) is 0 Å². The Morgan fingerprint density at radius 1 is 0.825 bits per heavy atom. The van der Waals surface area contributed by atoms with Gasteiger partial charge in [-0.15, -0.1) is 23.2 Å². The molecule has 40 heavy (non-hydrogen) atoms. The van der Waals surface area contributed by atoms with Gasteiger partial charge >= 0.3 is 0 Å². The lowest BCUT2D eigenvalue weighted by molar-refractivity contribution is -0.117. The van der Waals surface area contributed by atoms with Crippen molar-refractivity contribution in [3.8, 4) is 0 Å². The summed E-state index contributed by atoms with van der Waals surface area (Å²) in [5.74, 6) is -10.5. The summed E-state index contributed by atoms with van der Waals surface area (Å²) in [5.41, 5.74) is -2.37. The maximum atomic E-state index is 14.7. The van der Waals surface area contributed by atoms with Gasteiger partial charge < -0.3 is 16.0 Å². The lowest BCUT2D eigenvalue weighted by Crippen LogP contribution is -2.20. The summed E-state index contributed by atoms with van der Waals surface area (Å²) in [4.78, 5) is 36.9. The molecule has 6 nitrogen and oxygen atoms in total. The number of halogens is 9. The second-order valence-corrected chi connectivity index (χ2v) is 11.3. The van der Waals surface area contributed by atoms with Crippen molar-refractivity contribution in [2.24, 2.45) is 5.92 Å². The number of hydrogen-bond donors (Lipinski definition) is 3. The third kappa shape index (κ3) is 5.82. The smallest absolute Gasteiger partial charge is 0.258 e. The molecular formula is C25H14Cl5F4N3O3. The molecule has 0 radical (unpaired) electrons. The Labute approximate surface area is 248 Å². The minimum atomic E-state index is -1.62. The van der Waals surface area contributed by atoms with E-state index in [1.807, 2.05) is 10.6 Å². The van der Waals surface area contributed by atoms with Crippen LogP contribution in [0.1, 0.15) is 28.8 Å². The molecule has 0 unspecified atom stereocenters. The van der Waals surface area contributed by atoms with Gasteiger partial charge in [0, 0.05) is 24.6 Å². The van der Waals surface area contributed by atoms with E-state index in [-0.39, 0.29) is 20.8 Å². The van der Waals surface area contributed by atoms with E-state index in [2.05, 4.69) is 5.32 Å². The molecular weight excluding hydrogens is 644 g/mol. The molecule has 3 aromatic rings. The van der Waals surface area contributed by atoms with E-state index in [0.29, 0.717) is 11.6 Å². The molecule has 1 aliphatic rings. The van der Waals surface area contributed by atoms with Crippen molar-refractivity contribution >= 4 is 92.8 Å². The predicted octanol–water partition coefficient (Wildman–Crippen LogP) is 7.94. The Kier molecular flexibility index (Phi) is 8.50. The molecule has 3 N–H and O–H groups in total. The van der Waals surface area contributed by atoms with Crippen LogP contribution in [0.15, 0.2) is 36.4 Å². The van der Waals surface area contributed by atoms with Crippen LogP contribution in [0.2, 0.25) is 15.1 Å². The Morgan fingerprint density at radius 3 is 2.05 bits per heavy atom. The predicted molar refractivity (Wildman–Crippen MR) is 146 cm³/mol. The molecule has 1 aliphatic carbocycles. The molecule has 0 spiro atoms. The van der Waals surface area contributed by atoms with Crippen LogP contribution in [0.4, 0.5) is 34.6 Å². The van der Waals surface area contributed by atoms with E-state index < -0.39 is 74.1 Å². The molecule has 3 aromatic carbocycles. The Bertz CT molecular complexity index is 1560. The number of hydrogen-bond acceptors (Lipinski definition) is 3. The van der Waals surface area contributed by atoms with Crippen LogP contribution in [0, 0.1) is 29.2 Å². The molecule has 0 aliphatic heterocycles. The van der Waals surface area contributed by atoms with Gasteiger partial charge in [-0.05, 0) is 35.9 Å². The van der Waals surface area contributed by atoms with Crippen molar-refractivity contribution in [3.05, 3.63) is 85.9 Å². The highest BCUT2D eigenvalue weighted by atomic mass is 35.5. The van der Waals surface area contributed by atoms with Gasteiger partial charge in [-0.2, -0.15) is 0 Å². The molecule has 0 bridgehead atoms. The van der Waals surface area contributed by atoms with Crippen molar-refractivity contribution in [2.75, 3.05) is 16.0 Å². The summed E-state index contributed by atoms with van der Waals surface area (Å²) in [5, 5.41) is 6.50. The summed E-state index contributed by atoms with van der Waals surface area (Å²) >= 11 is 30.7. The van der Waals surface area contributed by atoms with Crippen molar-refractivity contribution in [1.29, 1.82) is 0 Å². The highest BCUT2D eigenvalue weighted by Gasteiger charge is 2.67. The second kappa shape index (κ2) is 11.3. The lowest BCUT2D eigenvalue weighted by atomic mass is 10.1. The molecule has 210 valence electrons. The van der Waals surface area contributed by atoms with Crippen LogP contribution in [-0.2, 0) is 9.59 Å². The third-order valence-corrected chi connectivity index (χ3v) is 8.02. The Balaban J connectivity index is 1.57. The average molecular weight is 658 g/mol. The van der Waals surface area contributed by atoms with Gasteiger partial charge in [0.05, 0.1) is 32.2 Å². The first-order valence-corrected chi connectivity index (χ1v) is 12.9. The zero-order valence-corrected chi connectivity index (χ0v) is 23.5. The summed E-state index contributed by atoms with van der Waals surface area (Å²) < 4.78 is 55.9. The molecule has 3 amide bonds. The summed E-state index contributed by atoms with van der Waals surface area (Å²) in [6.07, 6.45) is 0. The highest BCUT2D eigenvalue weighted by Crippen LogP contribution is 2.65. The lowest BCUT2D eigenvalue weighted by Gasteiger charge is -2.13. The minimum absolute atomic E-state index is 0.0860. The number of nitrogens with one attached hydrogen (secondary N) is 3. The first-order valence-electron chi connectivity index (χ1n) is 11.0. The van der Waals surface area contributed by atoms with E-state index in [0.717, 1.165) is 25.1 Å². The van der Waals surface area contributed by atoms with Crippen molar-refractivity contribution < 1.29 is 31.9 Å². The number of anilines is 3. The Morgan fingerprint density at radius 2 is 1.45 bits per heavy atom. The molecule has 0 aromatic heterocycles. The van der Waals surface area contributed by atoms with Gasteiger partial charge in [-0.3, -0.25) is 14.4 Å². The van der Waals surface area contributed by atoms with Gasteiger partial charge in [0.15, 0.2) is 17.5 Å². The molecule has 0 saturated heterocycles. The minimum Gasteiger partial charge on any atom is -0.326 e. The number of amides is 3. The van der Waals surface area contributed by atoms with E-state index in [9.17, 15) is 31.9 Å². The Hall–Kier alpha value is -2.76. The third-order valence-electron chi connectivity index (χ3n) is 5.88. The molecule has 4 rings (SSSR count). The first-order chi connectivity index (χ1) is 18.6. The fourth-order valence-electron chi connectivity index (χ4n) is 4.00. The van der Waals surface area contributed by atoms with Gasteiger partial charge in [-0.25, -0.2) is 17.6 Å². The molecule has 1 fully saturated rings. The fourth-order valence-corrected chi connectivity index (χ4v) is 5.44. The zero-order valence-electron chi connectivity index (χ0n) is 19.7. The second-order valence-electron chi connectivity index (χ2n) is 8.66. The maximum Gasteiger partial charge on any atom is 0.258 e. The monoisotopic (exact) mass is 655 g/mol. The van der Waals surface area contributed by atoms with Crippen LogP contribution in [0.5, 0.6) is 0 Å². The molecule has 2 atom stereocenters. The summed E-state index contributed by atoms with van der Waals surface area (Å²) in [7, 11) is 0. The quantitative estimate of drug-likeness (QED) is 0.143. The van der Waals surface area contributed by atoms with E-state index in [4.69, 9.17) is 58.0 Å². The standard InChI is InChI=1S/C25H14Cl5F4N3O3/c1-8(38)35-22-14(31)2-3-16(21(22)34)37-23(39)11-6-10(7-15(32)20(11)33)36-24(40)18-17(25(18,29)30)9-4-12(26)19(28)13(27)5-9/h2-7,17-18H,1H3,(H,35,38)(H,36,40)(H,37,39)/t17-,18+/m0/s1. The van der Waals surface area contributed by atoms with Gasteiger partial charge in [-0.1, -0.05) is 34.8 Å². The van der Waals surface area contributed by atoms with E-state index in [1.165, 1.54) is 12.1 Å². The number of alkyl halides is 2. The summed E-state index contributed by atoms with van der Waals surface area (Å²) in [6.45, 7) is 1.00. The normalized spacial score (nSPS) is 17.2. The van der Waals surface area contributed by atoms with E-state index in [1.54, 1.807) is 0 Å². The van der Waals surface area contributed by atoms with Crippen LogP contribution >= 0.6 is 58.0 Å². The van der Waals surface area contributed by atoms with Gasteiger partial charge in [0.25, 0.3) is 5.91 Å². The number of carbonyl (C=O) groups is 3. The van der Waals surface area contributed by atoms with Crippen molar-refractivity contribution in [3.63, 3.8) is 0 Å². The van der Waals surface area contributed by atoms with Crippen molar-refractivity contribution in [2.45, 2.75) is 17.2 Å². The number of carbonyl (C=O) groups excluding carboxylic acids is 3. The first kappa shape index (κ1) is 30.2. The fraction of sp³-hybridized carbons (Fsp3) is 0.160. The highest BCUT2D eigenvalue weighted by molar-refractivity contribution is 6.54. The molecule has 0 heterocycles. The maximum absolute atomic E-state index is 14.7. The topological polar surface area (TPSA) is 87.3 Å². The van der Waals surface area contributed by atoms with Gasteiger partial charge in [0.1, 0.15) is 15.8 Å². The number of benzene rings is 3. The van der Waals surface area contributed by atoms with E-state index >= 15 is 0 Å². The largest absolute Gasteiger partial charge is 0.326 e.